The van der Waals surface area contributed by atoms with Crippen molar-refractivity contribution >= 4 is 32.7 Å². The number of oxazole rings is 1. The molecule has 3 rings (SSSR count). The molecular formula is C14H11BrN2O. The summed E-state index contributed by atoms with van der Waals surface area (Å²) in [5, 5.41) is 3.08. The quantitative estimate of drug-likeness (QED) is 0.767. The molecule has 0 atom stereocenters. The molecule has 3 nitrogen and oxygen atoms in total. The predicted molar refractivity (Wildman–Crippen MR) is 76.7 cm³/mol. The van der Waals surface area contributed by atoms with Gasteiger partial charge in [-0.05, 0) is 42.5 Å². The number of rotatable bonds is 2. The third-order valence-electron chi connectivity index (χ3n) is 2.77. The van der Waals surface area contributed by atoms with Gasteiger partial charge in [0.2, 0.25) is 5.89 Å². The number of fused-ring (bicyclic) bond motifs is 1. The Hall–Kier alpha value is -1.81. The fourth-order valence-electron chi connectivity index (χ4n) is 1.80. The Morgan fingerprint density at radius 1 is 1.11 bits per heavy atom. The van der Waals surface area contributed by atoms with Crippen LogP contribution in [0.3, 0.4) is 0 Å². The van der Waals surface area contributed by atoms with Gasteiger partial charge in [0.05, 0.1) is 0 Å². The Labute approximate surface area is 113 Å². The summed E-state index contributed by atoms with van der Waals surface area (Å²) in [6.45, 7) is 0. The van der Waals surface area contributed by atoms with Crippen LogP contribution in [0.4, 0.5) is 5.69 Å². The standard InChI is InChI=1S/C14H11BrN2O/c1-16-11-5-2-9(3-6-11)14-17-12-7-4-10(15)8-13(12)18-14/h2-8,16H,1H3. The second-order valence-corrected chi connectivity index (χ2v) is 4.87. The third kappa shape index (κ3) is 1.99. The van der Waals surface area contributed by atoms with Crippen LogP contribution in [0.2, 0.25) is 0 Å². The zero-order valence-corrected chi connectivity index (χ0v) is 11.4. The fraction of sp³-hybridized carbons (Fsp3) is 0.0714. The Morgan fingerprint density at radius 3 is 2.61 bits per heavy atom. The van der Waals surface area contributed by atoms with E-state index < -0.39 is 0 Å². The first-order chi connectivity index (χ1) is 8.76. The fourth-order valence-corrected chi connectivity index (χ4v) is 2.14. The first kappa shape index (κ1) is 11.3. The minimum Gasteiger partial charge on any atom is -0.436 e. The van der Waals surface area contributed by atoms with Crippen molar-refractivity contribution in [1.82, 2.24) is 4.98 Å². The van der Waals surface area contributed by atoms with Gasteiger partial charge < -0.3 is 9.73 Å². The van der Waals surface area contributed by atoms with Crippen molar-refractivity contribution in [2.45, 2.75) is 0 Å². The molecule has 1 N–H and O–H groups in total. The summed E-state index contributed by atoms with van der Waals surface area (Å²) >= 11 is 3.42. The molecule has 1 aromatic heterocycles. The van der Waals surface area contributed by atoms with Crippen LogP contribution in [-0.2, 0) is 0 Å². The maximum absolute atomic E-state index is 5.75. The molecule has 0 fully saturated rings. The average Bonchev–Trinajstić information content (AvgIpc) is 2.81. The van der Waals surface area contributed by atoms with E-state index in [1.807, 2.05) is 49.5 Å². The third-order valence-corrected chi connectivity index (χ3v) is 3.26. The highest BCUT2D eigenvalue weighted by Gasteiger charge is 2.08. The lowest BCUT2D eigenvalue weighted by Gasteiger charge is -1.99. The van der Waals surface area contributed by atoms with Crippen LogP contribution in [0.1, 0.15) is 0 Å². The molecule has 0 unspecified atom stereocenters. The van der Waals surface area contributed by atoms with Crippen molar-refractivity contribution in [2.75, 3.05) is 12.4 Å². The maximum Gasteiger partial charge on any atom is 0.227 e. The summed E-state index contributed by atoms with van der Waals surface area (Å²) in [5.74, 6) is 0.644. The molecule has 4 heteroatoms. The molecule has 90 valence electrons. The van der Waals surface area contributed by atoms with E-state index in [2.05, 4.69) is 26.2 Å². The minimum atomic E-state index is 0.644. The number of hydrogen-bond acceptors (Lipinski definition) is 3. The molecule has 0 radical (unpaired) electrons. The summed E-state index contributed by atoms with van der Waals surface area (Å²) in [7, 11) is 1.89. The first-order valence-corrected chi connectivity index (χ1v) is 6.40. The summed E-state index contributed by atoms with van der Waals surface area (Å²) in [6.07, 6.45) is 0. The average molecular weight is 303 g/mol. The van der Waals surface area contributed by atoms with Gasteiger partial charge in [-0.25, -0.2) is 4.98 Å². The largest absolute Gasteiger partial charge is 0.436 e. The normalized spacial score (nSPS) is 10.8. The van der Waals surface area contributed by atoms with Crippen molar-refractivity contribution < 1.29 is 4.42 Å². The van der Waals surface area contributed by atoms with E-state index in [0.717, 1.165) is 26.8 Å². The number of benzene rings is 2. The molecule has 3 aromatic rings. The van der Waals surface area contributed by atoms with Gasteiger partial charge in [-0.1, -0.05) is 15.9 Å². The zero-order valence-electron chi connectivity index (χ0n) is 9.77. The molecule has 0 bridgehead atoms. The number of nitrogens with zero attached hydrogens (tertiary/aromatic N) is 1. The Kier molecular flexibility index (Phi) is 2.80. The smallest absolute Gasteiger partial charge is 0.227 e. The lowest BCUT2D eigenvalue weighted by atomic mass is 10.2. The monoisotopic (exact) mass is 302 g/mol. The summed E-state index contributed by atoms with van der Waals surface area (Å²) in [6, 6.07) is 13.8. The second kappa shape index (κ2) is 4.46. The highest BCUT2D eigenvalue weighted by Crippen LogP contribution is 2.27. The predicted octanol–water partition coefficient (Wildman–Crippen LogP) is 4.30. The lowest BCUT2D eigenvalue weighted by Crippen LogP contribution is -1.86. The van der Waals surface area contributed by atoms with Crippen LogP contribution in [-0.4, -0.2) is 12.0 Å². The van der Waals surface area contributed by atoms with E-state index in [-0.39, 0.29) is 0 Å². The van der Waals surface area contributed by atoms with Crippen LogP contribution in [0, 0.1) is 0 Å². The van der Waals surface area contributed by atoms with Crippen LogP contribution in [0.15, 0.2) is 51.4 Å². The second-order valence-electron chi connectivity index (χ2n) is 3.96. The number of nitrogens with one attached hydrogen (secondary N) is 1. The first-order valence-electron chi connectivity index (χ1n) is 5.60. The molecular weight excluding hydrogens is 292 g/mol. The van der Waals surface area contributed by atoms with Gasteiger partial charge in [0.1, 0.15) is 5.52 Å². The van der Waals surface area contributed by atoms with E-state index in [0.29, 0.717) is 5.89 Å². The van der Waals surface area contributed by atoms with Gasteiger partial charge >= 0.3 is 0 Å². The molecule has 1 heterocycles. The van der Waals surface area contributed by atoms with Crippen molar-refractivity contribution in [3.05, 3.63) is 46.9 Å². The number of hydrogen-bond donors (Lipinski definition) is 1. The van der Waals surface area contributed by atoms with Crippen LogP contribution in [0.5, 0.6) is 0 Å². The molecule has 0 aliphatic rings. The molecule has 0 spiro atoms. The summed E-state index contributed by atoms with van der Waals surface area (Å²) in [4.78, 5) is 4.47. The molecule has 2 aromatic carbocycles. The Balaban J connectivity index is 2.07. The van der Waals surface area contributed by atoms with Crippen LogP contribution < -0.4 is 5.32 Å². The molecule has 0 amide bonds. The lowest BCUT2D eigenvalue weighted by molar-refractivity contribution is 0.619. The van der Waals surface area contributed by atoms with Crippen molar-refractivity contribution in [3.8, 4) is 11.5 Å². The topological polar surface area (TPSA) is 38.1 Å². The van der Waals surface area contributed by atoms with Gasteiger partial charge in [-0.3, -0.25) is 0 Å². The van der Waals surface area contributed by atoms with E-state index in [9.17, 15) is 0 Å². The van der Waals surface area contributed by atoms with E-state index in [4.69, 9.17) is 4.42 Å². The van der Waals surface area contributed by atoms with Gasteiger partial charge in [0, 0.05) is 22.8 Å². The van der Waals surface area contributed by atoms with Crippen LogP contribution >= 0.6 is 15.9 Å². The highest BCUT2D eigenvalue weighted by molar-refractivity contribution is 9.10. The maximum atomic E-state index is 5.75. The molecule has 18 heavy (non-hydrogen) atoms. The van der Waals surface area contributed by atoms with Crippen LogP contribution in [0.25, 0.3) is 22.6 Å². The van der Waals surface area contributed by atoms with E-state index >= 15 is 0 Å². The molecule has 0 saturated heterocycles. The number of anilines is 1. The highest BCUT2D eigenvalue weighted by atomic mass is 79.9. The van der Waals surface area contributed by atoms with Gasteiger partial charge in [0.15, 0.2) is 5.58 Å². The van der Waals surface area contributed by atoms with E-state index in [1.54, 1.807) is 0 Å². The summed E-state index contributed by atoms with van der Waals surface area (Å²) in [5.41, 5.74) is 3.70. The molecule has 0 aliphatic heterocycles. The number of halogens is 1. The Bertz CT molecular complexity index is 689. The number of aromatic nitrogens is 1. The summed E-state index contributed by atoms with van der Waals surface area (Å²) < 4.78 is 6.74. The SMILES string of the molecule is CNc1ccc(-c2nc3ccc(Br)cc3o2)cc1. The van der Waals surface area contributed by atoms with Crippen molar-refractivity contribution in [1.29, 1.82) is 0 Å². The van der Waals surface area contributed by atoms with Gasteiger partial charge in [0.25, 0.3) is 0 Å². The Morgan fingerprint density at radius 2 is 1.89 bits per heavy atom. The minimum absolute atomic E-state index is 0.644. The van der Waals surface area contributed by atoms with Gasteiger partial charge in [-0.15, -0.1) is 0 Å². The molecule has 0 saturated carbocycles. The van der Waals surface area contributed by atoms with Crippen molar-refractivity contribution in [3.63, 3.8) is 0 Å². The van der Waals surface area contributed by atoms with Crippen molar-refractivity contribution in [2.24, 2.45) is 0 Å². The van der Waals surface area contributed by atoms with E-state index in [1.165, 1.54) is 0 Å². The zero-order chi connectivity index (χ0) is 12.5. The molecule has 0 aliphatic carbocycles. The van der Waals surface area contributed by atoms with Gasteiger partial charge in [-0.2, -0.15) is 0 Å².